The van der Waals surface area contributed by atoms with E-state index >= 15 is 0 Å². The van der Waals surface area contributed by atoms with E-state index in [2.05, 4.69) is 31.7 Å². The number of methoxy groups -OCH3 is 1. The average Bonchev–Trinajstić information content (AvgIpc) is 2.95. The second-order valence-electron chi connectivity index (χ2n) is 9.11. The molecule has 0 saturated heterocycles. The summed E-state index contributed by atoms with van der Waals surface area (Å²) in [6, 6.07) is 6.68. The number of rotatable bonds is 4. The Hall–Kier alpha value is -1.57. The molecule has 0 N–H and O–H groups in total. The molecule has 2 heteroatoms. The first-order valence-corrected chi connectivity index (χ1v) is 10.3. The van der Waals surface area contributed by atoms with E-state index in [1.807, 2.05) is 13.0 Å². The van der Waals surface area contributed by atoms with Crippen LogP contribution in [0.25, 0.3) is 0 Å². The van der Waals surface area contributed by atoms with Crippen LogP contribution in [-0.4, -0.2) is 12.9 Å². The Bertz CT molecular complexity index is 736. The second kappa shape index (κ2) is 6.25. The number of fused-ring (bicyclic) bond motifs is 5. The summed E-state index contributed by atoms with van der Waals surface area (Å²) in [6.07, 6.45) is 9.87. The summed E-state index contributed by atoms with van der Waals surface area (Å²) in [4.78, 5) is 12.8. The fourth-order valence-corrected chi connectivity index (χ4v) is 7.12. The highest BCUT2D eigenvalue weighted by atomic mass is 16.5. The predicted molar refractivity (Wildman–Crippen MR) is 106 cm³/mol. The zero-order chi connectivity index (χ0) is 18.5. The molecule has 0 heterocycles. The summed E-state index contributed by atoms with van der Waals surface area (Å²) in [5.74, 6) is 3.42. The lowest BCUT2D eigenvalue weighted by Gasteiger charge is -2.54. The number of aryl methyl sites for hydroxylation is 1. The number of benzene rings is 1. The van der Waals surface area contributed by atoms with Crippen molar-refractivity contribution in [3.63, 3.8) is 0 Å². The lowest BCUT2D eigenvalue weighted by atomic mass is 9.49. The van der Waals surface area contributed by atoms with Crippen LogP contribution in [0.4, 0.5) is 0 Å². The van der Waals surface area contributed by atoms with E-state index in [9.17, 15) is 4.79 Å². The molecule has 0 bridgehead atoms. The van der Waals surface area contributed by atoms with E-state index in [1.54, 1.807) is 12.7 Å². The van der Waals surface area contributed by atoms with Crippen molar-refractivity contribution < 1.29 is 9.53 Å². The molecule has 0 aromatic heterocycles. The van der Waals surface area contributed by atoms with Crippen LogP contribution in [0, 0.1) is 22.7 Å². The molecular weight excluding hydrogens is 320 g/mol. The van der Waals surface area contributed by atoms with E-state index in [0.29, 0.717) is 17.6 Å². The minimum atomic E-state index is -0.176. The van der Waals surface area contributed by atoms with Crippen molar-refractivity contribution in [1.29, 1.82) is 0 Å². The summed E-state index contributed by atoms with van der Waals surface area (Å²) in [6.45, 7) is 8.23. The monoisotopic (exact) mass is 352 g/mol. The van der Waals surface area contributed by atoms with Crippen LogP contribution in [0.2, 0.25) is 0 Å². The van der Waals surface area contributed by atoms with E-state index in [4.69, 9.17) is 4.74 Å². The lowest BCUT2D eigenvalue weighted by molar-refractivity contribution is -0.136. The van der Waals surface area contributed by atoms with Crippen molar-refractivity contribution in [2.45, 2.75) is 64.7 Å². The van der Waals surface area contributed by atoms with Crippen LogP contribution >= 0.6 is 0 Å². The molecule has 0 radical (unpaired) electrons. The molecular formula is C24H32O2. The molecule has 2 saturated carbocycles. The molecule has 2 nitrogen and oxygen atoms in total. The number of carbonyl (C=O) groups is 1. The van der Waals surface area contributed by atoms with Crippen LogP contribution in [0.1, 0.15) is 69.4 Å². The number of allylic oxidation sites excluding steroid dienone is 1. The van der Waals surface area contributed by atoms with Gasteiger partial charge < -0.3 is 4.74 Å². The van der Waals surface area contributed by atoms with Crippen molar-refractivity contribution >= 4 is 5.78 Å². The van der Waals surface area contributed by atoms with E-state index < -0.39 is 0 Å². The Morgan fingerprint density at radius 3 is 2.81 bits per heavy atom. The highest BCUT2D eigenvalue weighted by Gasteiger charge is 2.63. The van der Waals surface area contributed by atoms with Crippen LogP contribution in [0.5, 0.6) is 5.75 Å². The maximum atomic E-state index is 12.8. The molecule has 140 valence electrons. The van der Waals surface area contributed by atoms with Gasteiger partial charge in [0.15, 0.2) is 0 Å². The molecule has 1 aromatic carbocycles. The third-order valence-corrected chi connectivity index (χ3v) is 8.47. The zero-order valence-electron chi connectivity index (χ0n) is 16.5. The predicted octanol–water partition coefficient (Wildman–Crippen LogP) is 5.70. The Balaban J connectivity index is 1.70. The van der Waals surface area contributed by atoms with Crippen LogP contribution < -0.4 is 4.74 Å². The number of hydrogen-bond donors (Lipinski definition) is 0. The van der Waals surface area contributed by atoms with Gasteiger partial charge in [-0.2, -0.15) is 0 Å². The van der Waals surface area contributed by atoms with Gasteiger partial charge in [0, 0.05) is 5.41 Å². The standard InChI is InChI=1S/C24H32O2/c1-5-12-24(16(2)25)14-11-22-21-8-6-17-15-18(26-4)7-9-19(17)20(21)10-13-23(22,24)3/h5,7,9,15,20-22H,1,6,8,10-14H2,2-4H3/t20-,21-,22+,23+,24-/m1/s1. The number of Topliss-reactive ketones (excluding diaryl/α,β-unsaturated/α-hetero) is 1. The van der Waals surface area contributed by atoms with E-state index in [0.717, 1.165) is 37.4 Å². The summed E-state index contributed by atoms with van der Waals surface area (Å²) in [7, 11) is 1.75. The molecule has 26 heavy (non-hydrogen) atoms. The summed E-state index contributed by atoms with van der Waals surface area (Å²) >= 11 is 0. The van der Waals surface area contributed by atoms with Gasteiger partial charge in [-0.05, 0) is 98.3 Å². The Labute approximate surface area is 158 Å². The third-order valence-electron chi connectivity index (χ3n) is 8.47. The number of carbonyl (C=O) groups excluding carboxylic acids is 1. The first kappa shape index (κ1) is 17.8. The first-order valence-electron chi connectivity index (χ1n) is 10.3. The van der Waals surface area contributed by atoms with Gasteiger partial charge in [0.05, 0.1) is 7.11 Å². The SMILES string of the molecule is C=CC[C@]1(C(C)=O)CC[C@H]2[C@@H]3CCc4cc(OC)ccc4[C@H]3CC[C@@]21C. The molecule has 1 aromatic rings. The van der Waals surface area contributed by atoms with E-state index in [1.165, 1.54) is 24.8 Å². The second-order valence-corrected chi connectivity index (χ2v) is 9.11. The minimum absolute atomic E-state index is 0.137. The van der Waals surface area contributed by atoms with Crippen molar-refractivity contribution in [2.24, 2.45) is 22.7 Å². The Morgan fingerprint density at radius 1 is 1.31 bits per heavy atom. The van der Waals surface area contributed by atoms with Gasteiger partial charge in [-0.25, -0.2) is 0 Å². The molecule has 5 atom stereocenters. The van der Waals surface area contributed by atoms with Crippen molar-refractivity contribution in [1.82, 2.24) is 0 Å². The van der Waals surface area contributed by atoms with Crippen molar-refractivity contribution in [3.8, 4) is 5.75 Å². The van der Waals surface area contributed by atoms with Gasteiger partial charge in [-0.15, -0.1) is 6.58 Å². The third kappa shape index (κ3) is 2.27. The van der Waals surface area contributed by atoms with Crippen molar-refractivity contribution in [2.75, 3.05) is 7.11 Å². The molecule has 2 fully saturated rings. The highest BCUT2D eigenvalue weighted by Crippen LogP contribution is 2.68. The fourth-order valence-electron chi connectivity index (χ4n) is 7.12. The van der Waals surface area contributed by atoms with Gasteiger partial charge in [0.25, 0.3) is 0 Å². The van der Waals surface area contributed by atoms with E-state index in [-0.39, 0.29) is 10.8 Å². The quantitative estimate of drug-likeness (QED) is 0.649. The number of ether oxygens (including phenoxy) is 1. The van der Waals surface area contributed by atoms with Crippen LogP contribution in [-0.2, 0) is 11.2 Å². The highest BCUT2D eigenvalue weighted by molar-refractivity contribution is 5.84. The summed E-state index contributed by atoms with van der Waals surface area (Å²) in [5.41, 5.74) is 2.99. The zero-order valence-corrected chi connectivity index (χ0v) is 16.5. The number of ketones is 1. The molecule has 0 aliphatic heterocycles. The summed E-state index contributed by atoms with van der Waals surface area (Å²) in [5, 5.41) is 0. The van der Waals surface area contributed by atoms with Crippen molar-refractivity contribution in [3.05, 3.63) is 42.0 Å². The van der Waals surface area contributed by atoms with Gasteiger partial charge in [0.2, 0.25) is 0 Å². The largest absolute Gasteiger partial charge is 0.497 e. The number of hydrogen-bond acceptors (Lipinski definition) is 2. The smallest absolute Gasteiger partial charge is 0.136 e. The average molecular weight is 353 g/mol. The first-order chi connectivity index (χ1) is 12.5. The summed E-state index contributed by atoms with van der Waals surface area (Å²) < 4.78 is 5.44. The minimum Gasteiger partial charge on any atom is -0.497 e. The van der Waals surface area contributed by atoms with Crippen LogP contribution in [0.15, 0.2) is 30.9 Å². The molecule has 3 aliphatic carbocycles. The normalized spacial score (nSPS) is 38.0. The van der Waals surface area contributed by atoms with Gasteiger partial charge in [-0.1, -0.05) is 19.1 Å². The van der Waals surface area contributed by atoms with Gasteiger partial charge in [0.1, 0.15) is 11.5 Å². The Kier molecular flexibility index (Phi) is 4.28. The fraction of sp³-hybridized carbons (Fsp3) is 0.625. The van der Waals surface area contributed by atoms with Crippen LogP contribution in [0.3, 0.4) is 0 Å². The van der Waals surface area contributed by atoms with Gasteiger partial charge >= 0.3 is 0 Å². The molecule has 3 aliphatic rings. The maximum absolute atomic E-state index is 12.8. The Morgan fingerprint density at radius 2 is 2.12 bits per heavy atom. The molecule has 0 unspecified atom stereocenters. The topological polar surface area (TPSA) is 26.3 Å². The molecule has 4 rings (SSSR count). The maximum Gasteiger partial charge on any atom is 0.136 e. The lowest BCUT2D eigenvalue weighted by Crippen LogP contribution is -2.49. The van der Waals surface area contributed by atoms with Gasteiger partial charge in [-0.3, -0.25) is 4.79 Å². The molecule has 0 spiro atoms. The molecule has 0 amide bonds.